The molecule has 4 N–H and O–H groups in total. The average Bonchev–Trinajstić information content (AvgIpc) is 3.26. The van der Waals surface area contributed by atoms with E-state index in [0.717, 1.165) is 24.9 Å². The summed E-state index contributed by atoms with van der Waals surface area (Å²) in [5.74, 6) is 1.32. The summed E-state index contributed by atoms with van der Waals surface area (Å²) >= 11 is 6.26. The molecule has 132 valence electrons. The molecule has 2 saturated carbocycles. The zero-order valence-corrected chi connectivity index (χ0v) is 14.6. The van der Waals surface area contributed by atoms with Gasteiger partial charge in [-0.3, -0.25) is 9.48 Å². The van der Waals surface area contributed by atoms with Crippen LogP contribution in [0.3, 0.4) is 0 Å². The molecule has 0 unspecified atom stereocenters. The summed E-state index contributed by atoms with van der Waals surface area (Å²) in [7, 11) is 1.83. The number of nitrogens with two attached hydrogens (primary N) is 1. The Kier molecular flexibility index (Phi) is 3.99. The van der Waals surface area contributed by atoms with Crippen molar-refractivity contribution in [1.29, 1.82) is 0 Å². The summed E-state index contributed by atoms with van der Waals surface area (Å²) in [6.45, 7) is 0. The predicted octanol–water partition coefficient (Wildman–Crippen LogP) is 1.92. The maximum Gasteiger partial charge on any atom is 0.229 e. The zero-order chi connectivity index (χ0) is 17.6. The second-order valence-electron chi connectivity index (χ2n) is 6.85. The van der Waals surface area contributed by atoms with E-state index in [-0.39, 0.29) is 17.9 Å². The van der Waals surface area contributed by atoms with Crippen LogP contribution in [-0.4, -0.2) is 31.7 Å². The maximum atomic E-state index is 11.9. The number of amides is 1. The van der Waals surface area contributed by atoms with Crippen molar-refractivity contribution in [2.45, 2.75) is 25.3 Å². The van der Waals surface area contributed by atoms with Gasteiger partial charge in [-0.05, 0) is 31.1 Å². The van der Waals surface area contributed by atoms with Crippen molar-refractivity contribution in [2.24, 2.45) is 30.5 Å². The van der Waals surface area contributed by atoms with E-state index in [1.165, 1.54) is 0 Å². The molecule has 2 fully saturated rings. The van der Waals surface area contributed by atoms with Gasteiger partial charge in [0.05, 0.1) is 24.0 Å². The van der Waals surface area contributed by atoms with Gasteiger partial charge < -0.3 is 16.4 Å². The highest BCUT2D eigenvalue weighted by atomic mass is 35.5. The van der Waals surface area contributed by atoms with E-state index in [4.69, 9.17) is 17.3 Å². The Hall–Kier alpha value is -2.35. The Morgan fingerprint density at radius 2 is 2.16 bits per heavy atom. The smallest absolute Gasteiger partial charge is 0.229 e. The minimum absolute atomic E-state index is 0.0186. The highest BCUT2D eigenvalue weighted by Gasteiger charge is 2.50. The summed E-state index contributed by atoms with van der Waals surface area (Å²) in [4.78, 5) is 20.5. The van der Waals surface area contributed by atoms with E-state index in [1.54, 1.807) is 17.1 Å². The molecule has 2 heterocycles. The van der Waals surface area contributed by atoms with E-state index >= 15 is 0 Å². The summed E-state index contributed by atoms with van der Waals surface area (Å²) in [6, 6.07) is -0.0186. The van der Waals surface area contributed by atoms with Crippen LogP contribution in [0, 0.1) is 17.8 Å². The third-order valence-corrected chi connectivity index (χ3v) is 5.53. The topological polar surface area (TPSA) is 111 Å². The quantitative estimate of drug-likeness (QED) is 0.750. The van der Waals surface area contributed by atoms with Crippen LogP contribution < -0.4 is 16.4 Å². The van der Waals surface area contributed by atoms with E-state index in [1.807, 2.05) is 13.2 Å². The number of nitrogens with one attached hydrogen (secondary N) is 2. The fraction of sp³-hybridized carbons (Fsp3) is 0.500. The SMILES string of the molecule is Cn1cc(Nc2ncc(Cl)c(N[C@H]3[C@H]4CC[C@H](C4)[C@H]3C(N)=O)n2)cn1. The van der Waals surface area contributed by atoms with E-state index in [2.05, 4.69) is 25.7 Å². The number of hydrogen-bond donors (Lipinski definition) is 3. The number of aromatic nitrogens is 4. The second kappa shape index (κ2) is 6.18. The first-order chi connectivity index (χ1) is 12.0. The lowest BCUT2D eigenvalue weighted by Gasteiger charge is -2.30. The van der Waals surface area contributed by atoms with Crippen molar-refractivity contribution in [2.75, 3.05) is 10.6 Å². The minimum atomic E-state index is -0.247. The number of aryl methyl sites for hydroxylation is 1. The number of carbonyl (C=O) groups excluding carboxylic acids is 1. The Labute approximate surface area is 150 Å². The van der Waals surface area contributed by atoms with Gasteiger partial charge in [-0.15, -0.1) is 0 Å². The van der Waals surface area contributed by atoms with Crippen molar-refractivity contribution < 1.29 is 4.79 Å². The first-order valence-corrected chi connectivity index (χ1v) is 8.73. The fourth-order valence-electron chi connectivity index (χ4n) is 4.21. The highest BCUT2D eigenvalue weighted by Crippen LogP contribution is 2.49. The first-order valence-electron chi connectivity index (χ1n) is 8.35. The number of fused-ring (bicyclic) bond motifs is 2. The van der Waals surface area contributed by atoms with Gasteiger partial charge in [0.25, 0.3) is 0 Å². The molecule has 2 aromatic rings. The molecule has 0 aromatic carbocycles. The summed E-state index contributed by atoms with van der Waals surface area (Å²) in [5, 5.41) is 11.0. The molecule has 9 heteroatoms. The second-order valence-corrected chi connectivity index (χ2v) is 7.26. The lowest BCUT2D eigenvalue weighted by Crippen LogP contribution is -2.42. The van der Waals surface area contributed by atoms with Gasteiger partial charge in [-0.2, -0.15) is 10.1 Å². The summed E-state index contributed by atoms with van der Waals surface area (Å²) in [6.07, 6.45) is 8.27. The van der Waals surface area contributed by atoms with E-state index in [9.17, 15) is 4.79 Å². The van der Waals surface area contributed by atoms with E-state index < -0.39 is 0 Å². The van der Waals surface area contributed by atoms with Crippen LogP contribution in [0.5, 0.6) is 0 Å². The zero-order valence-electron chi connectivity index (χ0n) is 13.8. The predicted molar refractivity (Wildman–Crippen MR) is 94.5 cm³/mol. The van der Waals surface area contributed by atoms with Crippen molar-refractivity contribution in [1.82, 2.24) is 19.7 Å². The van der Waals surface area contributed by atoms with Crippen LogP contribution >= 0.6 is 11.6 Å². The van der Waals surface area contributed by atoms with Gasteiger partial charge in [0.15, 0.2) is 5.82 Å². The van der Waals surface area contributed by atoms with Crippen molar-refractivity contribution in [3.8, 4) is 0 Å². The molecule has 4 rings (SSSR count). The van der Waals surface area contributed by atoms with Crippen LogP contribution in [0.1, 0.15) is 19.3 Å². The molecule has 0 saturated heterocycles. The third kappa shape index (κ3) is 3.02. The fourth-order valence-corrected chi connectivity index (χ4v) is 4.36. The molecule has 2 aliphatic rings. The molecule has 1 amide bonds. The lowest BCUT2D eigenvalue weighted by molar-refractivity contribution is -0.123. The molecule has 0 aliphatic heterocycles. The molecular formula is C16H20ClN7O. The van der Waals surface area contributed by atoms with Crippen LogP contribution in [0.15, 0.2) is 18.6 Å². The molecule has 2 aliphatic carbocycles. The number of anilines is 3. The van der Waals surface area contributed by atoms with Crippen LogP contribution in [0.4, 0.5) is 17.5 Å². The number of nitrogens with zero attached hydrogens (tertiary/aromatic N) is 4. The lowest BCUT2D eigenvalue weighted by atomic mass is 9.84. The normalized spacial score (nSPS) is 27.4. The van der Waals surface area contributed by atoms with Crippen LogP contribution in [-0.2, 0) is 11.8 Å². The Morgan fingerprint density at radius 1 is 1.36 bits per heavy atom. The van der Waals surface area contributed by atoms with Gasteiger partial charge in [0, 0.05) is 19.3 Å². The number of primary amides is 1. The van der Waals surface area contributed by atoms with Crippen LogP contribution in [0.25, 0.3) is 0 Å². The molecule has 2 aromatic heterocycles. The first kappa shape index (κ1) is 16.1. The molecule has 0 radical (unpaired) electrons. The Balaban J connectivity index is 1.55. The monoisotopic (exact) mass is 361 g/mol. The largest absolute Gasteiger partial charge is 0.369 e. The van der Waals surface area contributed by atoms with Gasteiger partial charge >= 0.3 is 0 Å². The Bertz CT molecular complexity index is 808. The molecule has 25 heavy (non-hydrogen) atoms. The molecule has 0 spiro atoms. The average molecular weight is 362 g/mol. The van der Waals surface area contributed by atoms with E-state index in [0.29, 0.717) is 28.6 Å². The molecule has 2 bridgehead atoms. The highest BCUT2D eigenvalue weighted by molar-refractivity contribution is 6.32. The van der Waals surface area contributed by atoms with Gasteiger partial charge in [0.1, 0.15) is 5.02 Å². The minimum Gasteiger partial charge on any atom is -0.369 e. The van der Waals surface area contributed by atoms with Gasteiger partial charge in [0.2, 0.25) is 11.9 Å². The molecule has 8 nitrogen and oxygen atoms in total. The summed E-state index contributed by atoms with van der Waals surface area (Å²) < 4.78 is 1.68. The number of rotatable bonds is 5. The van der Waals surface area contributed by atoms with Gasteiger partial charge in [-0.1, -0.05) is 11.6 Å². The van der Waals surface area contributed by atoms with Crippen molar-refractivity contribution >= 4 is 35.0 Å². The maximum absolute atomic E-state index is 11.9. The third-order valence-electron chi connectivity index (χ3n) is 5.25. The molecular weight excluding hydrogens is 342 g/mol. The number of carbonyl (C=O) groups is 1. The number of hydrogen-bond acceptors (Lipinski definition) is 6. The van der Waals surface area contributed by atoms with Crippen molar-refractivity contribution in [3.05, 3.63) is 23.6 Å². The number of halogens is 1. The molecule has 4 atom stereocenters. The standard InChI is InChI=1S/C16H20ClN7O/c1-24-7-10(5-20-24)21-16-19-6-11(17)15(23-16)22-13-9-3-2-8(4-9)12(13)14(18)25/h5-9,12-13H,2-4H2,1H3,(H2,18,25)(H2,19,21,22,23)/t8-,9+,12-,13+/m1/s1. The Morgan fingerprint density at radius 3 is 2.88 bits per heavy atom. The van der Waals surface area contributed by atoms with Gasteiger partial charge in [-0.25, -0.2) is 4.98 Å². The van der Waals surface area contributed by atoms with Crippen molar-refractivity contribution in [3.63, 3.8) is 0 Å². The van der Waals surface area contributed by atoms with Crippen LogP contribution in [0.2, 0.25) is 5.02 Å². The summed E-state index contributed by atoms with van der Waals surface area (Å²) in [5.41, 5.74) is 6.42.